The molecule has 3 heterocycles. The molecule has 0 unspecified atom stereocenters. The number of hydrogen-bond acceptors (Lipinski definition) is 5. The number of carbonyl (C=O) groups excluding carboxylic acids is 2. The lowest BCUT2D eigenvalue weighted by molar-refractivity contribution is 0.0623. The lowest BCUT2D eigenvalue weighted by Crippen LogP contribution is -2.51. The van der Waals surface area contributed by atoms with Crippen molar-refractivity contribution >= 4 is 23.0 Å². The van der Waals surface area contributed by atoms with Crippen LogP contribution in [0.15, 0.2) is 36.5 Å². The highest BCUT2D eigenvalue weighted by Crippen LogP contribution is 2.18. The number of aryl methyl sites for hydroxylation is 2. The fourth-order valence-corrected chi connectivity index (χ4v) is 3.25. The molecule has 0 aliphatic carbocycles. The van der Waals surface area contributed by atoms with E-state index in [4.69, 9.17) is 4.74 Å². The number of fused-ring (bicyclic) bond motifs is 1. The standard InChI is InChI=1S/C20H21N5O3/c1-13-5-3-6-15-17(13)23-18(22-15)19(26)24-9-11-25(12-10-24)20(27)28-16-7-4-8-21-14(16)2/h3-8H,9-12H2,1-2H3,(H,22,23). The zero-order valence-corrected chi connectivity index (χ0v) is 15.8. The summed E-state index contributed by atoms with van der Waals surface area (Å²) in [6.45, 7) is 5.41. The fraction of sp³-hybridized carbons (Fsp3) is 0.300. The summed E-state index contributed by atoms with van der Waals surface area (Å²) >= 11 is 0. The summed E-state index contributed by atoms with van der Waals surface area (Å²) in [4.78, 5) is 40.1. The zero-order chi connectivity index (χ0) is 19.7. The van der Waals surface area contributed by atoms with Crippen LogP contribution in [0.5, 0.6) is 5.75 Å². The summed E-state index contributed by atoms with van der Waals surface area (Å²) in [5.41, 5.74) is 3.33. The molecule has 2 aromatic heterocycles. The van der Waals surface area contributed by atoms with Crippen LogP contribution in [0.1, 0.15) is 21.9 Å². The molecule has 1 saturated heterocycles. The Morgan fingerprint density at radius 2 is 1.79 bits per heavy atom. The molecule has 28 heavy (non-hydrogen) atoms. The van der Waals surface area contributed by atoms with Crippen LogP contribution in [-0.4, -0.2) is 62.9 Å². The monoisotopic (exact) mass is 379 g/mol. The van der Waals surface area contributed by atoms with Gasteiger partial charge in [-0.3, -0.25) is 9.78 Å². The first-order chi connectivity index (χ1) is 13.5. The van der Waals surface area contributed by atoms with Gasteiger partial charge in [0.15, 0.2) is 11.6 Å². The molecule has 0 atom stereocenters. The summed E-state index contributed by atoms with van der Waals surface area (Å²) in [5.74, 6) is 0.613. The Labute approximate surface area is 162 Å². The summed E-state index contributed by atoms with van der Waals surface area (Å²) in [5, 5.41) is 0. The van der Waals surface area contributed by atoms with E-state index in [1.807, 2.05) is 25.1 Å². The van der Waals surface area contributed by atoms with Gasteiger partial charge in [0.25, 0.3) is 5.91 Å². The fourth-order valence-electron chi connectivity index (χ4n) is 3.25. The molecule has 144 valence electrons. The van der Waals surface area contributed by atoms with Crippen LogP contribution in [0, 0.1) is 13.8 Å². The second-order valence-electron chi connectivity index (χ2n) is 6.79. The summed E-state index contributed by atoms with van der Waals surface area (Å²) < 4.78 is 5.42. The van der Waals surface area contributed by atoms with E-state index < -0.39 is 6.09 Å². The lowest BCUT2D eigenvalue weighted by Gasteiger charge is -2.33. The first-order valence-electron chi connectivity index (χ1n) is 9.16. The number of nitrogens with zero attached hydrogens (tertiary/aromatic N) is 4. The van der Waals surface area contributed by atoms with E-state index in [9.17, 15) is 9.59 Å². The minimum absolute atomic E-state index is 0.160. The predicted octanol–water partition coefficient (Wildman–Crippen LogP) is 2.53. The molecule has 8 nitrogen and oxygen atoms in total. The van der Waals surface area contributed by atoms with Crippen LogP contribution in [0.4, 0.5) is 4.79 Å². The Morgan fingerprint density at radius 3 is 2.50 bits per heavy atom. The molecular formula is C20H21N5O3. The van der Waals surface area contributed by atoms with Gasteiger partial charge in [-0.2, -0.15) is 0 Å². The minimum atomic E-state index is -0.428. The largest absolute Gasteiger partial charge is 0.415 e. The molecule has 1 N–H and O–H groups in total. The van der Waals surface area contributed by atoms with Gasteiger partial charge in [-0.1, -0.05) is 12.1 Å². The predicted molar refractivity (Wildman–Crippen MR) is 103 cm³/mol. The van der Waals surface area contributed by atoms with Crippen LogP contribution in [0.25, 0.3) is 11.0 Å². The topological polar surface area (TPSA) is 91.4 Å². The normalized spacial score (nSPS) is 14.4. The molecule has 1 fully saturated rings. The molecule has 1 aliphatic rings. The van der Waals surface area contributed by atoms with Gasteiger partial charge < -0.3 is 19.5 Å². The number of pyridine rings is 1. The molecule has 0 radical (unpaired) electrons. The van der Waals surface area contributed by atoms with Crippen molar-refractivity contribution in [2.75, 3.05) is 26.2 Å². The van der Waals surface area contributed by atoms with Crippen molar-refractivity contribution < 1.29 is 14.3 Å². The highest BCUT2D eigenvalue weighted by Gasteiger charge is 2.27. The maximum Gasteiger partial charge on any atom is 0.415 e. The molecule has 3 aromatic rings. The molecule has 8 heteroatoms. The Kier molecular flexibility index (Phi) is 4.68. The first kappa shape index (κ1) is 18.0. The van der Waals surface area contributed by atoms with Crippen LogP contribution < -0.4 is 4.74 Å². The number of piperazine rings is 1. The number of imidazole rings is 1. The zero-order valence-electron chi connectivity index (χ0n) is 15.8. The van der Waals surface area contributed by atoms with Gasteiger partial charge >= 0.3 is 6.09 Å². The molecule has 0 spiro atoms. The lowest BCUT2D eigenvalue weighted by atomic mass is 10.2. The summed E-state index contributed by atoms with van der Waals surface area (Å²) in [7, 11) is 0. The number of para-hydroxylation sites is 1. The Balaban J connectivity index is 1.39. The highest BCUT2D eigenvalue weighted by atomic mass is 16.6. The van der Waals surface area contributed by atoms with Gasteiger partial charge in [0.05, 0.1) is 16.7 Å². The van der Waals surface area contributed by atoms with Crippen molar-refractivity contribution in [1.82, 2.24) is 24.8 Å². The van der Waals surface area contributed by atoms with Crippen LogP contribution in [0.2, 0.25) is 0 Å². The molecule has 0 saturated carbocycles. The molecule has 1 aromatic carbocycles. The highest BCUT2D eigenvalue weighted by molar-refractivity contribution is 5.94. The molecule has 1 aliphatic heterocycles. The molecule has 4 rings (SSSR count). The van der Waals surface area contributed by atoms with Crippen LogP contribution in [0.3, 0.4) is 0 Å². The van der Waals surface area contributed by atoms with E-state index in [-0.39, 0.29) is 5.91 Å². The number of aromatic amines is 1. The second kappa shape index (κ2) is 7.30. The molecule has 2 amide bonds. The van der Waals surface area contributed by atoms with Gasteiger partial charge in [-0.15, -0.1) is 0 Å². The Bertz CT molecular complexity index is 1040. The van der Waals surface area contributed by atoms with Crippen molar-refractivity contribution in [3.63, 3.8) is 0 Å². The van der Waals surface area contributed by atoms with E-state index in [1.54, 1.807) is 35.1 Å². The first-order valence-corrected chi connectivity index (χ1v) is 9.16. The van der Waals surface area contributed by atoms with E-state index >= 15 is 0 Å². The third-order valence-electron chi connectivity index (χ3n) is 4.90. The SMILES string of the molecule is Cc1ncccc1OC(=O)N1CCN(C(=O)c2nc3c(C)cccc3[nH]2)CC1. The van der Waals surface area contributed by atoms with Crippen molar-refractivity contribution in [3.05, 3.63) is 53.6 Å². The number of rotatable bonds is 2. The van der Waals surface area contributed by atoms with Crippen molar-refractivity contribution in [2.45, 2.75) is 13.8 Å². The van der Waals surface area contributed by atoms with Crippen LogP contribution >= 0.6 is 0 Å². The van der Waals surface area contributed by atoms with E-state index in [0.29, 0.717) is 43.4 Å². The van der Waals surface area contributed by atoms with Crippen LogP contribution in [-0.2, 0) is 0 Å². The van der Waals surface area contributed by atoms with Gasteiger partial charge in [0, 0.05) is 32.4 Å². The number of carbonyl (C=O) groups is 2. The maximum atomic E-state index is 12.8. The number of H-pyrrole nitrogens is 1. The summed E-state index contributed by atoms with van der Waals surface area (Å²) in [6.07, 6.45) is 1.22. The number of amides is 2. The number of nitrogens with one attached hydrogen (secondary N) is 1. The van der Waals surface area contributed by atoms with E-state index in [1.165, 1.54) is 0 Å². The van der Waals surface area contributed by atoms with Gasteiger partial charge in [0.2, 0.25) is 0 Å². The molecule has 0 bridgehead atoms. The van der Waals surface area contributed by atoms with Gasteiger partial charge in [-0.25, -0.2) is 9.78 Å². The van der Waals surface area contributed by atoms with Gasteiger partial charge in [0.1, 0.15) is 0 Å². The van der Waals surface area contributed by atoms with E-state index in [0.717, 1.165) is 16.6 Å². The van der Waals surface area contributed by atoms with Crippen molar-refractivity contribution in [2.24, 2.45) is 0 Å². The Morgan fingerprint density at radius 1 is 1.04 bits per heavy atom. The Hall–Kier alpha value is -3.42. The average Bonchev–Trinajstić information content (AvgIpc) is 3.15. The maximum absolute atomic E-state index is 12.8. The van der Waals surface area contributed by atoms with E-state index in [2.05, 4.69) is 15.0 Å². The minimum Gasteiger partial charge on any atom is -0.408 e. The quantitative estimate of drug-likeness (QED) is 0.739. The number of aromatic nitrogens is 3. The smallest absolute Gasteiger partial charge is 0.408 e. The summed E-state index contributed by atoms with van der Waals surface area (Å²) in [6, 6.07) is 9.23. The third-order valence-corrected chi connectivity index (χ3v) is 4.90. The van der Waals surface area contributed by atoms with Gasteiger partial charge in [-0.05, 0) is 37.6 Å². The van der Waals surface area contributed by atoms with Crippen molar-refractivity contribution in [3.8, 4) is 5.75 Å². The number of ether oxygens (including phenoxy) is 1. The second-order valence-corrected chi connectivity index (χ2v) is 6.79. The van der Waals surface area contributed by atoms with Crippen molar-refractivity contribution in [1.29, 1.82) is 0 Å². The number of hydrogen-bond donors (Lipinski definition) is 1. The number of benzene rings is 1. The third kappa shape index (κ3) is 3.40. The molecular weight excluding hydrogens is 358 g/mol. The average molecular weight is 379 g/mol.